The Morgan fingerprint density at radius 1 is 1.00 bits per heavy atom. The van der Waals surface area contributed by atoms with Crippen molar-refractivity contribution >= 4 is 12.0 Å². The molecule has 0 atom stereocenters. The number of carbonyl (C=O) groups is 2. The summed E-state index contributed by atoms with van der Waals surface area (Å²) in [6.45, 7) is 6.95. The van der Waals surface area contributed by atoms with Crippen LogP contribution >= 0.6 is 0 Å². The second-order valence-corrected chi connectivity index (χ2v) is 7.59. The van der Waals surface area contributed by atoms with Crippen LogP contribution in [0, 0.1) is 5.92 Å². The number of hydrogen-bond donors (Lipinski definition) is 1. The molecule has 1 aliphatic heterocycles. The van der Waals surface area contributed by atoms with Crippen molar-refractivity contribution in [3.05, 3.63) is 0 Å². The Morgan fingerprint density at radius 3 is 2.14 bits per heavy atom. The smallest absolute Gasteiger partial charge is 0.410 e. The van der Waals surface area contributed by atoms with Gasteiger partial charge in [-0.2, -0.15) is 0 Å². The van der Waals surface area contributed by atoms with Gasteiger partial charge in [-0.25, -0.2) is 4.79 Å². The minimum absolute atomic E-state index is 0.202. The largest absolute Gasteiger partial charge is 0.444 e. The molecule has 5 nitrogen and oxygen atoms in total. The molecule has 1 saturated heterocycles. The fraction of sp³-hybridized carbons (Fsp3) is 0.882. The lowest BCUT2D eigenvalue weighted by Gasteiger charge is -2.34. The second-order valence-electron chi connectivity index (χ2n) is 7.59. The van der Waals surface area contributed by atoms with Crippen LogP contribution in [0.5, 0.6) is 0 Å². The first-order chi connectivity index (χ1) is 10.3. The maximum absolute atomic E-state index is 12.3. The quantitative estimate of drug-likeness (QED) is 0.852. The Bertz CT molecular complexity index is 389. The highest BCUT2D eigenvalue weighted by molar-refractivity contribution is 5.79. The van der Waals surface area contributed by atoms with Crippen LogP contribution in [0.3, 0.4) is 0 Å². The van der Waals surface area contributed by atoms with Crippen LogP contribution in [0.1, 0.15) is 65.7 Å². The third-order valence-corrected chi connectivity index (χ3v) is 4.47. The second kappa shape index (κ2) is 7.34. The third-order valence-electron chi connectivity index (χ3n) is 4.47. The maximum atomic E-state index is 12.3. The van der Waals surface area contributed by atoms with Crippen LogP contribution in [0.15, 0.2) is 0 Å². The average Bonchev–Trinajstić information content (AvgIpc) is 2.47. The van der Waals surface area contributed by atoms with Gasteiger partial charge in [-0.3, -0.25) is 4.79 Å². The summed E-state index contributed by atoms with van der Waals surface area (Å²) in [5.74, 6) is 0.424. The van der Waals surface area contributed by atoms with E-state index in [1.165, 1.54) is 19.3 Å². The van der Waals surface area contributed by atoms with Crippen LogP contribution < -0.4 is 5.32 Å². The molecular formula is C17H30N2O3. The number of carbonyl (C=O) groups excluding carboxylic acids is 2. The normalized spacial score (nSPS) is 21.5. The third kappa shape index (κ3) is 5.18. The predicted molar refractivity (Wildman–Crippen MR) is 85.5 cm³/mol. The Labute approximate surface area is 133 Å². The van der Waals surface area contributed by atoms with Crippen LogP contribution in [-0.4, -0.2) is 41.6 Å². The van der Waals surface area contributed by atoms with E-state index < -0.39 is 5.60 Å². The van der Waals surface area contributed by atoms with Gasteiger partial charge in [-0.1, -0.05) is 19.3 Å². The van der Waals surface area contributed by atoms with Gasteiger partial charge in [0.2, 0.25) is 5.91 Å². The van der Waals surface area contributed by atoms with E-state index in [0.717, 1.165) is 25.7 Å². The van der Waals surface area contributed by atoms with E-state index in [0.29, 0.717) is 13.1 Å². The van der Waals surface area contributed by atoms with Gasteiger partial charge in [0.05, 0.1) is 0 Å². The van der Waals surface area contributed by atoms with Gasteiger partial charge in [-0.05, 0) is 46.5 Å². The molecule has 2 fully saturated rings. The monoisotopic (exact) mass is 310 g/mol. The molecule has 2 amide bonds. The highest BCUT2D eigenvalue weighted by Crippen LogP contribution is 2.24. The van der Waals surface area contributed by atoms with Crippen molar-refractivity contribution in [1.82, 2.24) is 10.2 Å². The first kappa shape index (κ1) is 17.1. The first-order valence-corrected chi connectivity index (χ1v) is 8.63. The number of rotatable bonds is 2. The molecule has 1 aliphatic carbocycles. The van der Waals surface area contributed by atoms with Crippen molar-refractivity contribution in [3.8, 4) is 0 Å². The number of amides is 2. The van der Waals surface area contributed by atoms with Crippen molar-refractivity contribution in [2.24, 2.45) is 5.92 Å². The summed E-state index contributed by atoms with van der Waals surface area (Å²) in [6, 6.07) is 0.202. The number of ether oxygens (including phenoxy) is 1. The van der Waals surface area contributed by atoms with E-state index in [9.17, 15) is 9.59 Å². The molecule has 0 spiro atoms. The van der Waals surface area contributed by atoms with E-state index in [4.69, 9.17) is 4.74 Å². The Hall–Kier alpha value is -1.26. The standard InChI is InChI=1S/C17H30N2O3/c1-17(2,3)22-16(21)19-11-9-14(10-12-19)18-15(20)13-7-5-4-6-8-13/h13-14H,4-12H2,1-3H3,(H,18,20). The van der Waals surface area contributed by atoms with E-state index in [2.05, 4.69) is 5.32 Å². The van der Waals surface area contributed by atoms with Crippen LogP contribution in [0.2, 0.25) is 0 Å². The minimum atomic E-state index is -0.455. The number of nitrogens with zero attached hydrogens (tertiary/aromatic N) is 1. The van der Waals surface area contributed by atoms with E-state index in [1.54, 1.807) is 4.90 Å². The van der Waals surface area contributed by atoms with E-state index in [1.807, 2.05) is 20.8 Å². The zero-order chi connectivity index (χ0) is 16.2. The minimum Gasteiger partial charge on any atom is -0.444 e. The molecular weight excluding hydrogens is 280 g/mol. The summed E-state index contributed by atoms with van der Waals surface area (Å²) in [4.78, 5) is 26.0. The molecule has 0 radical (unpaired) electrons. The van der Waals surface area contributed by atoms with Gasteiger partial charge in [0.25, 0.3) is 0 Å². The molecule has 0 aromatic rings. The van der Waals surface area contributed by atoms with E-state index in [-0.39, 0.29) is 24.0 Å². The molecule has 5 heteroatoms. The van der Waals surface area contributed by atoms with Gasteiger partial charge in [0.1, 0.15) is 5.60 Å². The summed E-state index contributed by atoms with van der Waals surface area (Å²) < 4.78 is 5.39. The topological polar surface area (TPSA) is 58.6 Å². The molecule has 0 aromatic heterocycles. The molecule has 1 saturated carbocycles. The Kier molecular flexibility index (Phi) is 5.70. The zero-order valence-corrected chi connectivity index (χ0v) is 14.2. The summed E-state index contributed by atoms with van der Waals surface area (Å²) in [7, 11) is 0. The molecule has 0 bridgehead atoms. The number of piperidine rings is 1. The molecule has 126 valence electrons. The lowest BCUT2D eigenvalue weighted by atomic mass is 9.88. The molecule has 2 rings (SSSR count). The summed E-state index contributed by atoms with van der Waals surface area (Å²) in [5.41, 5.74) is -0.455. The van der Waals surface area contributed by atoms with Crippen LogP contribution in [-0.2, 0) is 9.53 Å². The van der Waals surface area contributed by atoms with Crippen molar-refractivity contribution < 1.29 is 14.3 Å². The summed E-state index contributed by atoms with van der Waals surface area (Å²) in [6.07, 6.45) is 7.06. The Morgan fingerprint density at radius 2 is 1.59 bits per heavy atom. The fourth-order valence-corrected chi connectivity index (χ4v) is 3.22. The van der Waals surface area contributed by atoms with Gasteiger partial charge >= 0.3 is 6.09 Å². The first-order valence-electron chi connectivity index (χ1n) is 8.63. The summed E-state index contributed by atoms with van der Waals surface area (Å²) in [5, 5.41) is 3.18. The molecule has 1 heterocycles. The molecule has 2 aliphatic rings. The summed E-state index contributed by atoms with van der Waals surface area (Å²) >= 11 is 0. The number of nitrogens with one attached hydrogen (secondary N) is 1. The molecule has 1 N–H and O–H groups in total. The van der Waals surface area contributed by atoms with Gasteiger partial charge in [0, 0.05) is 25.0 Å². The van der Waals surface area contributed by atoms with Gasteiger partial charge < -0.3 is 15.0 Å². The zero-order valence-electron chi connectivity index (χ0n) is 14.2. The van der Waals surface area contributed by atoms with E-state index >= 15 is 0 Å². The lowest BCUT2D eigenvalue weighted by Crippen LogP contribution is -2.49. The number of likely N-dealkylation sites (tertiary alicyclic amines) is 1. The Balaban J connectivity index is 1.72. The highest BCUT2D eigenvalue weighted by atomic mass is 16.6. The molecule has 22 heavy (non-hydrogen) atoms. The van der Waals surface area contributed by atoms with Crippen molar-refractivity contribution in [1.29, 1.82) is 0 Å². The lowest BCUT2D eigenvalue weighted by molar-refractivity contribution is -0.126. The predicted octanol–water partition coefficient (Wildman–Crippen LogP) is 3.08. The van der Waals surface area contributed by atoms with Crippen molar-refractivity contribution in [3.63, 3.8) is 0 Å². The molecule has 0 aromatic carbocycles. The average molecular weight is 310 g/mol. The van der Waals surface area contributed by atoms with Gasteiger partial charge in [-0.15, -0.1) is 0 Å². The molecule has 0 unspecified atom stereocenters. The number of hydrogen-bond acceptors (Lipinski definition) is 3. The highest BCUT2D eigenvalue weighted by Gasteiger charge is 2.29. The van der Waals surface area contributed by atoms with Crippen molar-refractivity contribution in [2.75, 3.05) is 13.1 Å². The van der Waals surface area contributed by atoms with Crippen LogP contribution in [0.4, 0.5) is 4.79 Å². The van der Waals surface area contributed by atoms with Crippen molar-refractivity contribution in [2.45, 2.75) is 77.4 Å². The van der Waals surface area contributed by atoms with Crippen LogP contribution in [0.25, 0.3) is 0 Å². The van der Waals surface area contributed by atoms with Gasteiger partial charge in [0.15, 0.2) is 0 Å². The SMILES string of the molecule is CC(C)(C)OC(=O)N1CCC(NC(=O)C2CCCCC2)CC1. The maximum Gasteiger partial charge on any atom is 0.410 e. The fourth-order valence-electron chi connectivity index (χ4n) is 3.22.